The van der Waals surface area contributed by atoms with E-state index in [-0.39, 0.29) is 11.5 Å². The Labute approximate surface area is 160 Å². The van der Waals surface area contributed by atoms with Crippen molar-refractivity contribution in [2.45, 2.75) is 50.8 Å². The van der Waals surface area contributed by atoms with Gasteiger partial charge in [0.2, 0.25) is 5.88 Å². The second kappa shape index (κ2) is 6.78. The molecule has 0 bridgehead atoms. The highest BCUT2D eigenvalue weighted by Crippen LogP contribution is 2.42. The van der Waals surface area contributed by atoms with E-state index in [1.165, 1.54) is 6.20 Å². The normalized spacial score (nSPS) is 16.9. The fourth-order valence-corrected chi connectivity index (χ4v) is 6.14. The van der Waals surface area contributed by atoms with Gasteiger partial charge in [0.1, 0.15) is 5.56 Å². The molecule has 7 heteroatoms. The number of fused-ring (bicyclic) bond motifs is 1. The van der Waals surface area contributed by atoms with Crippen LogP contribution < -0.4 is 4.74 Å². The van der Waals surface area contributed by atoms with Gasteiger partial charge in [-0.1, -0.05) is 27.2 Å². The van der Waals surface area contributed by atoms with Crippen molar-refractivity contribution in [2.24, 2.45) is 7.05 Å². The zero-order valence-corrected chi connectivity index (χ0v) is 17.3. The van der Waals surface area contributed by atoms with Crippen LogP contribution in [-0.2, 0) is 22.3 Å². The van der Waals surface area contributed by atoms with Gasteiger partial charge in [0.05, 0.1) is 23.5 Å². The van der Waals surface area contributed by atoms with E-state index in [9.17, 15) is 13.2 Å². The number of ketones is 1. The molecule has 6 nitrogen and oxygen atoms in total. The van der Waals surface area contributed by atoms with Gasteiger partial charge < -0.3 is 4.74 Å². The molecule has 1 aromatic heterocycles. The first kappa shape index (κ1) is 19.6. The fraction of sp³-hybridized carbons (Fsp3) is 0.500. The first-order valence-electron chi connectivity index (χ1n) is 9.16. The van der Waals surface area contributed by atoms with Crippen LogP contribution in [0.2, 0.25) is 0 Å². The molecule has 0 atom stereocenters. The lowest BCUT2D eigenvalue weighted by Gasteiger charge is -2.20. The van der Waals surface area contributed by atoms with Crippen LogP contribution in [0, 0.1) is 6.92 Å². The van der Waals surface area contributed by atoms with Gasteiger partial charge in [0, 0.05) is 18.0 Å². The molecule has 0 amide bonds. The Kier molecular flexibility index (Phi) is 4.93. The third-order valence-corrected chi connectivity index (χ3v) is 7.21. The molecule has 0 aliphatic carbocycles. The maximum absolute atomic E-state index is 13.2. The molecule has 1 aromatic carbocycles. The molecule has 27 heavy (non-hydrogen) atoms. The lowest BCUT2D eigenvalue weighted by molar-refractivity contribution is 0.103. The molecule has 2 aromatic rings. The molecular formula is C20H26N2O4S. The average Bonchev–Trinajstić information content (AvgIpc) is 3.02. The maximum atomic E-state index is 13.2. The number of benzene rings is 1. The Morgan fingerprint density at radius 3 is 2.67 bits per heavy atom. The maximum Gasteiger partial charge on any atom is 0.223 e. The number of unbranched alkanes of at least 4 members (excludes halogenated alkanes) is 1. The number of rotatable bonds is 6. The molecule has 0 fully saturated rings. The number of hydrogen-bond acceptors (Lipinski definition) is 5. The number of aromatic nitrogens is 2. The van der Waals surface area contributed by atoms with E-state index in [1.807, 2.05) is 20.8 Å². The highest BCUT2D eigenvalue weighted by Gasteiger charge is 2.42. The molecule has 0 spiro atoms. The zero-order chi connectivity index (χ0) is 20.0. The molecule has 0 saturated heterocycles. The smallest absolute Gasteiger partial charge is 0.223 e. The summed E-state index contributed by atoms with van der Waals surface area (Å²) in [5.41, 5.74) is 1.82. The summed E-state index contributed by atoms with van der Waals surface area (Å²) in [6, 6.07) is 3.17. The Bertz CT molecular complexity index is 1000. The van der Waals surface area contributed by atoms with E-state index in [0.717, 1.165) is 18.4 Å². The number of ether oxygens (including phenoxy) is 1. The third kappa shape index (κ3) is 3.29. The molecule has 0 saturated carbocycles. The Morgan fingerprint density at radius 1 is 1.30 bits per heavy atom. The average molecular weight is 391 g/mol. The summed E-state index contributed by atoms with van der Waals surface area (Å²) < 4.78 is 32.3. The number of nitrogens with zero attached hydrogens (tertiary/aromatic N) is 2. The lowest BCUT2D eigenvalue weighted by Crippen LogP contribution is -2.21. The highest BCUT2D eigenvalue weighted by atomic mass is 32.2. The first-order valence-corrected chi connectivity index (χ1v) is 10.8. The van der Waals surface area contributed by atoms with Crippen LogP contribution in [-0.4, -0.2) is 36.3 Å². The molecule has 1 aliphatic heterocycles. The number of hydrogen-bond donors (Lipinski definition) is 0. The quantitative estimate of drug-likeness (QED) is 0.559. The Balaban J connectivity index is 2.06. The minimum absolute atomic E-state index is 0.0616. The largest absolute Gasteiger partial charge is 0.477 e. The minimum atomic E-state index is -3.31. The molecular weight excluding hydrogens is 364 g/mol. The third-order valence-electron chi connectivity index (χ3n) is 5.10. The SMILES string of the molecule is CCCCOc1c(C(=O)c2ccc3c(c2C)C(C)(C)CS3(=O)=O)cnn1C. The number of aryl methyl sites for hydroxylation is 1. The van der Waals surface area contributed by atoms with Gasteiger partial charge in [-0.15, -0.1) is 0 Å². The van der Waals surface area contributed by atoms with Crippen molar-refractivity contribution in [1.29, 1.82) is 0 Å². The van der Waals surface area contributed by atoms with E-state index in [4.69, 9.17) is 4.74 Å². The molecule has 0 unspecified atom stereocenters. The van der Waals surface area contributed by atoms with Crippen LogP contribution in [0.3, 0.4) is 0 Å². The van der Waals surface area contributed by atoms with Crippen molar-refractivity contribution in [2.75, 3.05) is 12.4 Å². The van der Waals surface area contributed by atoms with Crippen molar-refractivity contribution in [3.63, 3.8) is 0 Å². The van der Waals surface area contributed by atoms with Crippen LogP contribution in [0.1, 0.15) is 60.7 Å². The summed E-state index contributed by atoms with van der Waals surface area (Å²) in [4.78, 5) is 13.6. The van der Waals surface area contributed by atoms with Gasteiger partial charge >= 0.3 is 0 Å². The molecule has 146 valence electrons. The molecule has 0 radical (unpaired) electrons. The van der Waals surface area contributed by atoms with Crippen LogP contribution >= 0.6 is 0 Å². The zero-order valence-electron chi connectivity index (χ0n) is 16.5. The van der Waals surface area contributed by atoms with Crippen LogP contribution in [0.25, 0.3) is 0 Å². The summed E-state index contributed by atoms with van der Waals surface area (Å²) in [6.07, 6.45) is 3.40. The van der Waals surface area contributed by atoms with Gasteiger partial charge in [-0.25, -0.2) is 13.1 Å². The summed E-state index contributed by atoms with van der Waals surface area (Å²) in [7, 11) is -1.57. The van der Waals surface area contributed by atoms with E-state index < -0.39 is 15.3 Å². The fourth-order valence-electron chi connectivity index (χ4n) is 3.87. The van der Waals surface area contributed by atoms with Crippen LogP contribution in [0.4, 0.5) is 0 Å². The first-order chi connectivity index (χ1) is 12.6. The topological polar surface area (TPSA) is 78.3 Å². The predicted molar refractivity (Wildman–Crippen MR) is 103 cm³/mol. The molecule has 1 aliphatic rings. The van der Waals surface area contributed by atoms with Crippen molar-refractivity contribution in [3.8, 4) is 5.88 Å². The van der Waals surface area contributed by atoms with Crippen LogP contribution in [0.5, 0.6) is 5.88 Å². The standard InChI is InChI=1S/C20H26N2O4S/c1-6-7-10-26-19-15(11-21-22(19)5)18(23)14-8-9-16-17(13(14)2)20(3,4)12-27(16,24)25/h8-9,11H,6-7,10,12H2,1-5H3. The van der Waals surface area contributed by atoms with Crippen LogP contribution in [0.15, 0.2) is 23.2 Å². The van der Waals surface area contributed by atoms with E-state index in [2.05, 4.69) is 12.0 Å². The second-order valence-electron chi connectivity index (χ2n) is 7.77. The van der Waals surface area contributed by atoms with E-state index >= 15 is 0 Å². The van der Waals surface area contributed by atoms with Gasteiger partial charge in [-0.3, -0.25) is 4.79 Å². The number of carbonyl (C=O) groups is 1. The van der Waals surface area contributed by atoms with Gasteiger partial charge in [-0.05, 0) is 36.6 Å². The van der Waals surface area contributed by atoms with Crippen molar-refractivity contribution in [1.82, 2.24) is 9.78 Å². The predicted octanol–water partition coefficient (Wildman–Crippen LogP) is 3.20. The van der Waals surface area contributed by atoms with Gasteiger partial charge in [0.15, 0.2) is 15.6 Å². The molecule has 0 N–H and O–H groups in total. The van der Waals surface area contributed by atoms with Crippen molar-refractivity contribution < 1.29 is 17.9 Å². The summed E-state index contributed by atoms with van der Waals surface area (Å²) >= 11 is 0. The monoisotopic (exact) mass is 390 g/mol. The van der Waals surface area contributed by atoms with E-state index in [1.54, 1.807) is 23.9 Å². The Hall–Kier alpha value is -2.15. The lowest BCUT2D eigenvalue weighted by atomic mass is 9.81. The second-order valence-corrected chi connectivity index (χ2v) is 9.73. The number of carbonyl (C=O) groups excluding carboxylic acids is 1. The van der Waals surface area contributed by atoms with Gasteiger partial charge in [-0.2, -0.15) is 5.10 Å². The number of sulfone groups is 1. The van der Waals surface area contributed by atoms with Crippen molar-refractivity contribution >= 4 is 15.6 Å². The summed E-state index contributed by atoms with van der Waals surface area (Å²) in [5.74, 6) is 0.307. The summed E-state index contributed by atoms with van der Waals surface area (Å²) in [6.45, 7) is 8.22. The van der Waals surface area contributed by atoms with E-state index in [0.29, 0.717) is 34.1 Å². The summed E-state index contributed by atoms with van der Waals surface area (Å²) in [5, 5.41) is 4.17. The Morgan fingerprint density at radius 2 is 2.00 bits per heavy atom. The van der Waals surface area contributed by atoms with Gasteiger partial charge in [0.25, 0.3) is 0 Å². The molecule has 2 heterocycles. The highest BCUT2D eigenvalue weighted by molar-refractivity contribution is 7.91. The molecule has 3 rings (SSSR count). The minimum Gasteiger partial charge on any atom is -0.477 e. The van der Waals surface area contributed by atoms with Crippen molar-refractivity contribution in [3.05, 3.63) is 40.6 Å².